The number of carbonyl (C=O) groups excluding carboxylic acids is 2. The minimum atomic E-state index is -0.394. The van der Waals surface area contributed by atoms with Crippen LogP contribution in [-0.2, 0) is 28.9 Å². The van der Waals surface area contributed by atoms with E-state index < -0.39 is 5.97 Å². The molecule has 1 N–H and O–H groups in total. The van der Waals surface area contributed by atoms with Crippen molar-refractivity contribution in [2.24, 2.45) is 5.92 Å². The molecule has 1 aliphatic rings. The van der Waals surface area contributed by atoms with Crippen molar-refractivity contribution in [1.29, 1.82) is 0 Å². The van der Waals surface area contributed by atoms with Crippen LogP contribution in [0.4, 0.5) is 5.00 Å². The van der Waals surface area contributed by atoms with Crippen molar-refractivity contribution >= 4 is 28.2 Å². The first-order valence-electron chi connectivity index (χ1n) is 10.5. The topological polar surface area (TPSA) is 108 Å². The van der Waals surface area contributed by atoms with E-state index in [0.717, 1.165) is 35.3 Å². The molecule has 0 saturated carbocycles. The van der Waals surface area contributed by atoms with Crippen LogP contribution >= 0.6 is 11.3 Å². The number of ether oxygens (including phenoxy) is 2. The number of rotatable bonds is 7. The van der Waals surface area contributed by atoms with Gasteiger partial charge in [0.2, 0.25) is 11.7 Å². The Hall–Kier alpha value is -3.27. The molecule has 0 fully saturated rings. The highest BCUT2D eigenvalue weighted by Crippen LogP contribution is 2.40. The predicted molar refractivity (Wildman–Crippen MR) is 120 cm³/mol. The number of methoxy groups -OCH3 is 1. The summed E-state index contributed by atoms with van der Waals surface area (Å²) in [7, 11) is 1.58. The zero-order chi connectivity index (χ0) is 22.7. The van der Waals surface area contributed by atoms with Crippen LogP contribution < -0.4 is 10.1 Å². The van der Waals surface area contributed by atoms with E-state index in [-0.39, 0.29) is 19.1 Å². The van der Waals surface area contributed by atoms with Crippen LogP contribution in [0.2, 0.25) is 0 Å². The lowest BCUT2D eigenvalue weighted by molar-refractivity contribution is -0.117. The Morgan fingerprint density at radius 1 is 1.34 bits per heavy atom. The SMILES string of the molecule is CCOC(=O)c1c(NC(=O)Cn2nnc(-c3cccc(OC)c3)n2)sc2c1CCC(C)C2. The fraction of sp³-hybridized carbons (Fsp3) is 0.409. The number of esters is 1. The van der Waals surface area contributed by atoms with Crippen molar-refractivity contribution in [2.75, 3.05) is 19.0 Å². The van der Waals surface area contributed by atoms with E-state index in [4.69, 9.17) is 9.47 Å². The van der Waals surface area contributed by atoms with E-state index in [1.165, 1.54) is 16.1 Å². The minimum Gasteiger partial charge on any atom is -0.497 e. The molecule has 1 aliphatic carbocycles. The Labute approximate surface area is 189 Å². The summed E-state index contributed by atoms with van der Waals surface area (Å²) in [5.74, 6) is 0.892. The highest BCUT2D eigenvalue weighted by Gasteiger charge is 2.29. The van der Waals surface area contributed by atoms with Gasteiger partial charge in [0.15, 0.2) is 0 Å². The smallest absolute Gasteiger partial charge is 0.341 e. The first kappa shape index (κ1) is 21.9. The van der Waals surface area contributed by atoms with E-state index in [0.29, 0.717) is 28.1 Å². The number of aromatic nitrogens is 4. The monoisotopic (exact) mass is 455 g/mol. The molecule has 10 heteroatoms. The number of thiophene rings is 1. The Morgan fingerprint density at radius 2 is 2.19 bits per heavy atom. The second kappa shape index (κ2) is 9.47. The molecule has 1 unspecified atom stereocenters. The number of nitrogens with zero attached hydrogens (tertiary/aromatic N) is 4. The van der Waals surface area contributed by atoms with Crippen LogP contribution in [0.5, 0.6) is 5.75 Å². The first-order valence-corrected chi connectivity index (χ1v) is 11.3. The van der Waals surface area contributed by atoms with E-state index in [9.17, 15) is 9.59 Å². The molecule has 1 atom stereocenters. The summed E-state index contributed by atoms with van der Waals surface area (Å²) in [4.78, 5) is 27.7. The van der Waals surface area contributed by atoms with Gasteiger partial charge in [-0.15, -0.1) is 21.5 Å². The van der Waals surface area contributed by atoms with Gasteiger partial charge >= 0.3 is 5.97 Å². The average Bonchev–Trinajstić information content (AvgIpc) is 3.37. The maximum absolute atomic E-state index is 12.7. The summed E-state index contributed by atoms with van der Waals surface area (Å²) in [5, 5.41) is 15.7. The van der Waals surface area contributed by atoms with Gasteiger partial charge in [-0.2, -0.15) is 4.80 Å². The lowest BCUT2D eigenvalue weighted by atomic mass is 9.88. The van der Waals surface area contributed by atoms with Gasteiger partial charge in [0.05, 0.1) is 19.3 Å². The number of benzene rings is 1. The molecule has 3 aromatic rings. The number of hydrogen-bond donors (Lipinski definition) is 1. The second-order valence-corrected chi connectivity index (χ2v) is 8.81. The quantitative estimate of drug-likeness (QED) is 0.544. The van der Waals surface area contributed by atoms with Gasteiger partial charge < -0.3 is 14.8 Å². The van der Waals surface area contributed by atoms with E-state index in [1.54, 1.807) is 20.1 Å². The van der Waals surface area contributed by atoms with E-state index >= 15 is 0 Å². The maximum atomic E-state index is 12.7. The highest BCUT2D eigenvalue weighted by molar-refractivity contribution is 7.17. The molecule has 1 aromatic carbocycles. The van der Waals surface area contributed by atoms with Crippen LogP contribution in [-0.4, -0.2) is 45.8 Å². The Kier molecular flexibility index (Phi) is 6.50. The normalized spacial score (nSPS) is 15.2. The van der Waals surface area contributed by atoms with Crippen LogP contribution in [0.15, 0.2) is 24.3 Å². The standard InChI is InChI=1S/C22H25N5O4S/c1-4-31-22(29)19-16-9-8-13(2)10-17(16)32-21(19)23-18(28)12-27-25-20(24-26-27)14-6-5-7-15(11-14)30-3/h5-7,11,13H,4,8-10,12H2,1-3H3,(H,23,28). The number of hydrogen-bond acceptors (Lipinski definition) is 8. The highest BCUT2D eigenvalue weighted by atomic mass is 32.1. The fourth-order valence-electron chi connectivity index (χ4n) is 3.74. The van der Waals surface area contributed by atoms with Crippen molar-refractivity contribution in [1.82, 2.24) is 20.2 Å². The summed E-state index contributed by atoms with van der Waals surface area (Å²) in [6.07, 6.45) is 2.72. The van der Waals surface area contributed by atoms with E-state index in [2.05, 4.69) is 27.7 Å². The van der Waals surface area contributed by atoms with Crippen molar-refractivity contribution in [3.63, 3.8) is 0 Å². The summed E-state index contributed by atoms with van der Waals surface area (Å²) in [6, 6.07) is 7.29. The number of fused-ring (bicyclic) bond motifs is 1. The Morgan fingerprint density at radius 3 is 2.97 bits per heavy atom. The molecular weight excluding hydrogens is 430 g/mol. The molecule has 2 heterocycles. The number of tetrazole rings is 1. The third kappa shape index (κ3) is 4.64. The Bertz CT molecular complexity index is 1140. The summed E-state index contributed by atoms with van der Waals surface area (Å²) in [6.45, 7) is 4.12. The number of anilines is 1. The molecule has 0 aliphatic heterocycles. The number of nitrogens with one attached hydrogen (secondary N) is 1. The zero-order valence-electron chi connectivity index (χ0n) is 18.3. The molecule has 0 radical (unpaired) electrons. The summed E-state index contributed by atoms with van der Waals surface area (Å²) >= 11 is 1.45. The zero-order valence-corrected chi connectivity index (χ0v) is 19.1. The molecule has 2 aromatic heterocycles. The van der Waals surface area contributed by atoms with E-state index in [1.807, 2.05) is 18.2 Å². The van der Waals surface area contributed by atoms with Crippen LogP contribution in [0.25, 0.3) is 11.4 Å². The molecule has 4 rings (SSSR count). The molecule has 1 amide bonds. The summed E-state index contributed by atoms with van der Waals surface area (Å²) in [5.41, 5.74) is 2.22. The van der Waals surface area contributed by atoms with Crippen molar-refractivity contribution in [2.45, 2.75) is 39.7 Å². The minimum absolute atomic E-state index is 0.127. The number of carbonyl (C=O) groups is 2. The van der Waals surface area contributed by atoms with Crippen molar-refractivity contribution in [3.8, 4) is 17.1 Å². The van der Waals surface area contributed by atoms with Gasteiger partial charge in [-0.05, 0) is 55.0 Å². The average molecular weight is 456 g/mol. The first-order chi connectivity index (χ1) is 15.5. The molecular formula is C22H25N5O4S. The van der Waals surface area contributed by atoms with Crippen molar-refractivity contribution in [3.05, 3.63) is 40.3 Å². The van der Waals surface area contributed by atoms with Crippen molar-refractivity contribution < 1.29 is 19.1 Å². The maximum Gasteiger partial charge on any atom is 0.341 e. The molecule has 0 bridgehead atoms. The number of amides is 1. The lowest BCUT2D eigenvalue weighted by Gasteiger charge is -2.18. The molecule has 168 valence electrons. The van der Waals surface area contributed by atoms with Gasteiger partial charge in [0.25, 0.3) is 0 Å². The molecule has 32 heavy (non-hydrogen) atoms. The third-order valence-electron chi connectivity index (χ3n) is 5.31. The fourth-order valence-corrected chi connectivity index (χ4v) is 5.16. The van der Waals surface area contributed by atoms with Gasteiger partial charge in [0, 0.05) is 10.4 Å². The molecule has 9 nitrogen and oxygen atoms in total. The third-order valence-corrected chi connectivity index (χ3v) is 6.48. The van der Waals surface area contributed by atoms with Gasteiger partial charge in [-0.3, -0.25) is 4.79 Å². The Balaban J connectivity index is 1.51. The van der Waals surface area contributed by atoms with Crippen LogP contribution in [0, 0.1) is 5.92 Å². The van der Waals surface area contributed by atoms with Gasteiger partial charge in [-0.1, -0.05) is 19.1 Å². The lowest BCUT2D eigenvalue weighted by Crippen LogP contribution is -2.21. The van der Waals surface area contributed by atoms with Gasteiger partial charge in [-0.25, -0.2) is 4.79 Å². The van der Waals surface area contributed by atoms with Crippen LogP contribution in [0.1, 0.15) is 41.1 Å². The molecule has 0 spiro atoms. The molecule has 0 saturated heterocycles. The second-order valence-electron chi connectivity index (χ2n) is 7.70. The summed E-state index contributed by atoms with van der Waals surface area (Å²) < 4.78 is 10.5. The predicted octanol–water partition coefficient (Wildman–Crippen LogP) is 3.35. The van der Waals surface area contributed by atoms with Crippen LogP contribution in [0.3, 0.4) is 0 Å². The van der Waals surface area contributed by atoms with Gasteiger partial charge in [0.1, 0.15) is 17.3 Å². The largest absolute Gasteiger partial charge is 0.497 e.